The van der Waals surface area contributed by atoms with Crippen molar-refractivity contribution in [2.45, 2.75) is 27.2 Å². The van der Waals surface area contributed by atoms with Crippen LogP contribution in [0.15, 0.2) is 65.7 Å². The summed E-state index contributed by atoms with van der Waals surface area (Å²) in [4.78, 5) is 6.66. The average molecular weight is 375 g/mol. The summed E-state index contributed by atoms with van der Waals surface area (Å²) in [6.07, 6.45) is 2.73. The molecule has 28 heavy (non-hydrogen) atoms. The highest BCUT2D eigenvalue weighted by molar-refractivity contribution is 5.65. The molecule has 0 atom stereocenters. The van der Waals surface area contributed by atoms with Crippen LogP contribution >= 0.6 is 0 Å². The fraction of sp³-hybridized carbons (Fsp3) is 0.240. The smallest absolute Gasteiger partial charge is 0.131 e. The molecule has 2 nitrogen and oxygen atoms in total. The van der Waals surface area contributed by atoms with Gasteiger partial charge >= 0.3 is 0 Å². The molecule has 3 heteroatoms. The van der Waals surface area contributed by atoms with E-state index in [0.717, 1.165) is 24.2 Å². The summed E-state index contributed by atoms with van der Waals surface area (Å²) in [5, 5.41) is 0. The summed E-state index contributed by atoms with van der Waals surface area (Å²) in [6, 6.07) is 19.4. The SMILES string of the molecule is CCN(C)C=Nc1cc(C)c(Cc2ccc(-c3ccccc3F)cc2)cc1C. The lowest BCUT2D eigenvalue weighted by atomic mass is 9.96. The first-order chi connectivity index (χ1) is 13.5. The summed E-state index contributed by atoms with van der Waals surface area (Å²) in [5.41, 5.74) is 7.46. The first-order valence-electron chi connectivity index (χ1n) is 9.66. The minimum absolute atomic E-state index is 0.188. The quantitative estimate of drug-likeness (QED) is 0.364. The van der Waals surface area contributed by atoms with E-state index in [1.165, 1.54) is 28.3 Å². The summed E-state index contributed by atoms with van der Waals surface area (Å²) in [5.74, 6) is -0.188. The largest absolute Gasteiger partial charge is 0.366 e. The van der Waals surface area contributed by atoms with Gasteiger partial charge in [0.05, 0.1) is 12.0 Å². The van der Waals surface area contributed by atoms with E-state index in [1.54, 1.807) is 6.07 Å². The Balaban J connectivity index is 1.79. The molecule has 3 aromatic rings. The molecule has 3 rings (SSSR count). The van der Waals surface area contributed by atoms with Crippen LogP contribution in [0.5, 0.6) is 0 Å². The molecule has 0 saturated heterocycles. The number of aryl methyl sites for hydroxylation is 2. The van der Waals surface area contributed by atoms with E-state index in [9.17, 15) is 4.39 Å². The Labute approximate surface area is 167 Å². The van der Waals surface area contributed by atoms with Crippen LogP contribution in [0.25, 0.3) is 11.1 Å². The lowest BCUT2D eigenvalue weighted by Crippen LogP contribution is -2.14. The van der Waals surface area contributed by atoms with Crippen LogP contribution in [0.4, 0.5) is 10.1 Å². The highest BCUT2D eigenvalue weighted by atomic mass is 19.1. The van der Waals surface area contributed by atoms with Gasteiger partial charge in [-0.3, -0.25) is 0 Å². The number of rotatable bonds is 6. The summed E-state index contributed by atoms with van der Waals surface area (Å²) in [7, 11) is 2.02. The maximum atomic E-state index is 14.0. The molecular weight excluding hydrogens is 347 g/mol. The standard InChI is InChI=1S/C25H27FN2/c1-5-28(4)17-27-25-15-18(2)22(14-19(25)3)16-20-10-12-21(13-11-20)23-8-6-7-9-24(23)26/h6-15,17H,5,16H2,1-4H3. The number of hydrogen-bond donors (Lipinski definition) is 0. The molecule has 0 fully saturated rings. The molecule has 0 amide bonds. The van der Waals surface area contributed by atoms with Crippen LogP contribution in [0.1, 0.15) is 29.2 Å². The van der Waals surface area contributed by atoms with Gasteiger partial charge in [0.1, 0.15) is 5.82 Å². The Kier molecular flexibility index (Phi) is 6.25. The van der Waals surface area contributed by atoms with E-state index < -0.39 is 0 Å². The van der Waals surface area contributed by atoms with Crippen LogP contribution < -0.4 is 0 Å². The van der Waals surface area contributed by atoms with Crippen LogP contribution in [0.2, 0.25) is 0 Å². The van der Waals surface area contributed by atoms with Gasteiger partial charge in [0.25, 0.3) is 0 Å². The predicted octanol–water partition coefficient (Wildman–Crippen LogP) is 6.31. The molecule has 3 aromatic carbocycles. The van der Waals surface area contributed by atoms with Gasteiger partial charge in [0, 0.05) is 19.2 Å². The van der Waals surface area contributed by atoms with E-state index in [2.05, 4.69) is 54.9 Å². The van der Waals surface area contributed by atoms with Gasteiger partial charge < -0.3 is 4.90 Å². The number of halogens is 1. The highest BCUT2D eigenvalue weighted by Gasteiger charge is 2.07. The van der Waals surface area contributed by atoms with Gasteiger partial charge in [-0.1, -0.05) is 48.5 Å². The third-order valence-corrected chi connectivity index (χ3v) is 5.08. The van der Waals surface area contributed by atoms with E-state index in [-0.39, 0.29) is 5.82 Å². The molecule has 0 heterocycles. The number of nitrogens with zero attached hydrogens (tertiary/aromatic N) is 2. The molecule has 0 bridgehead atoms. The zero-order chi connectivity index (χ0) is 20.1. The van der Waals surface area contributed by atoms with Gasteiger partial charge in [0.15, 0.2) is 0 Å². The molecule has 0 aliphatic heterocycles. The van der Waals surface area contributed by atoms with Crippen molar-refractivity contribution in [2.24, 2.45) is 4.99 Å². The maximum Gasteiger partial charge on any atom is 0.131 e. The van der Waals surface area contributed by atoms with Crippen molar-refractivity contribution in [3.63, 3.8) is 0 Å². The van der Waals surface area contributed by atoms with Gasteiger partial charge in [-0.2, -0.15) is 0 Å². The Morgan fingerprint density at radius 3 is 2.36 bits per heavy atom. The highest BCUT2D eigenvalue weighted by Crippen LogP contribution is 2.27. The predicted molar refractivity (Wildman–Crippen MR) is 117 cm³/mol. The number of hydrogen-bond acceptors (Lipinski definition) is 1. The van der Waals surface area contributed by atoms with Crippen LogP contribution in [0.3, 0.4) is 0 Å². The lowest BCUT2D eigenvalue weighted by Gasteiger charge is -2.12. The zero-order valence-electron chi connectivity index (χ0n) is 17.0. The minimum Gasteiger partial charge on any atom is -0.366 e. The molecule has 0 saturated carbocycles. The van der Waals surface area contributed by atoms with E-state index in [1.807, 2.05) is 37.7 Å². The van der Waals surface area contributed by atoms with Crippen molar-refractivity contribution in [2.75, 3.05) is 13.6 Å². The molecule has 0 spiro atoms. The Hall–Kier alpha value is -2.94. The maximum absolute atomic E-state index is 14.0. The summed E-state index contributed by atoms with van der Waals surface area (Å²) >= 11 is 0. The minimum atomic E-state index is -0.188. The Morgan fingerprint density at radius 2 is 1.68 bits per heavy atom. The first kappa shape index (κ1) is 19.8. The molecule has 0 unspecified atom stereocenters. The fourth-order valence-electron chi connectivity index (χ4n) is 3.15. The second kappa shape index (κ2) is 8.83. The molecule has 0 aromatic heterocycles. The molecule has 0 aliphatic carbocycles. The van der Waals surface area contributed by atoms with Gasteiger partial charge in [-0.15, -0.1) is 0 Å². The van der Waals surface area contributed by atoms with Crippen molar-refractivity contribution in [1.29, 1.82) is 0 Å². The van der Waals surface area contributed by atoms with Crippen molar-refractivity contribution in [3.05, 3.63) is 88.7 Å². The van der Waals surface area contributed by atoms with Gasteiger partial charge in [0.2, 0.25) is 0 Å². The van der Waals surface area contributed by atoms with E-state index >= 15 is 0 Å². The fourth-order valence-corrected chi connectivity index (χ4v) is 3.15. The third-order valence-electron chi connectivity index (χ3n) is 5.08. The monoisotopic (exact) mass is 374 g/mol. The lowest BCUT2D eigenvalue weighted by molar-refractivity contribution is 0.552. The molecular formula is C25H27FN2. The van der Waals surface area contributed by atoms with Gasteiger partial charge in [-0.25, -0.2) is 9.38 Å². The van der Waals surface area contributed by atoms with Gasteiger partial charge in [-0.05, 0) is 67.1 Å². The van der Waals surface area contributed by atoms with E-state index in [0.29, 0.717) is 5.56 Å². The Morgan fingerprint density at radius 1 is 0.964 bits per heavy atom. The second-order valence-corrected chi connectivity index (χ2v) is 7.24. The van der Waals surface area contributed by atoms with Crippen LogP contribution in [-0.2, 0) is 6.42 Å². The number of benzene rings is 3. The molecule has 0 aliphatic rings. The first-order valence-corrected chi connectivity index (χ1v) is 9.66. The average Bonchev–Trinajstić information content (AvgIpc) is 2.70. The summed E-state index contributed by atoms with van der Waals surface area (Å²) in [6.45, 7) is 7.26. The normalized spacial score (nSPS) is 11.2. The van der Waals surface area contributed by atoms with Crippen LogP contribution in [0, 0.1) is 19.7 Å². The zero-order valence-corrected chi connectivity index (χ0v) is 17.0. The topological polar surface area (TPSA) is 15.6 Å². The van der Waals surface area contributed by atoms with E-state index in [4.69, 9.17) is 0 Å². The molecule has 0 N–H and O–H groups in total. The molecule has 144 valence electrons. The van der Waals surface area contributed by atoms with Crippen molar-refractivity contribution in [3.8, 4) is 11.1 Å². The van der Waals surface area contributed by atoms with Crippen LogP contribution in [-0.4, -0.2) is 24.8 Å². The van der Waals surface area contributed by atoms with Crippen molar-refractivity contribution < 1.29 is 4.39 Å². The van der Waals surface area contributed by atoms with Crippen molar-refractivity contribution >= 4 is 12.0 Å². The number of aliphatic imine (C=N–C) groups is 1. The summed E-state index contributed by atoms with van der Waals surface area (Å²) < 4.78 is 14.0. The van der Waals surface area contributed by atoms with Crippen molar-refractivity contribution in [1.82, 2.24) is 4.90 Å². The third kappa shape index (κ3) is 4.66. The Bertz CT molecular complexity index is 974. The molecule has 0 radical (unpaired) electrons. The second-order valence-electron chi connectivity index (χ2n) is 7.24.